The maximum Gasteiger partial charge on any atom is 0.241 e. The summed E-state index contributed by atoms with van der Waals surface area (Å²) >= 11 is 0. The molecule has 0 aliphatic carbocycles. The Labute approximate surface area is 108 Å². The number of carbonyl (C=O) groups is 1. The van der Waals surface area contributed by atoms with Crippen LogP contribution < -0.4 is 10.1 Å². The summed E-state index contributed by atoms with van der Waals surface area (Å²) in [6, 6.07) is 7.50. The van der Waals surface area contributed by atoms with E-state index in [9.17, 15) is 4.79 Å². The molecule has 0 aliphatic rings. The maximum absolute atomic E-state index is 11.4. The Bertz CT molecular complexity index is 410. The highest BCUT2D eigenvalue weighted by Crippen LogP contribution is 2.15. The van der Waals surface area contributed by atoms with Gasteiger partial charge in [-0.3, -0.25) is 4.79 Å². The molecule has 1 N–H and O–H groups in total. The molecule has 0 aliphatic heterocycles. The Morgan fingerprint density at radius 2 is 1.94 bits per heavy atom. The average molecular weight is 248 g/mol. The summed E-state index contributed by atoms with van der Waals surface area (Å²) in [5.74, 6) is 0.833. The fraction of sp³-hybridized carbons (Fsp3) is 0.357. The molecule has 1 rings (SSSR count). The van der Waals surface area contributed by atoms with E-state index in [2.05, 4.69) is 11.9 Å². The second-order valence-electron chi connectivity index (χ2n) is 4.41. The van der Waals surface area contributed by atoms with Crippen LogP contribution in [0.1, 0.15) is 6.92 Å². The lowest BCUT2D eigenvalue weighted by molar-refractivity contribution is -0.126. The molecule has 4 nitrogen and oxygen atoms in total. The van der Waals surface area contributed by atoms with Gasteiger partial charge in [0, 0.05) is 19.8 Å². The van der Waals surface area contributed by atoms with Crippen LogP contribution in [0.25, 0.3) is 0 Å². The Morgan fingerprint density at radius 1 is 1.33 bits per heavy atom. The molecule has 0 saturated carbocycles. The van der Waals surface area contributed by atoms with E-state index in [4.69, 9.17) is 4.74 Å². The number of anilines is 1. The van der Waals surface area contributed by atoms with Crippen LogP contribution in [0.4, 0.5) is 5.69 Å². The molecule has 0 radical (unpaired) electrons. The number of hydrogen-bond donors (Lipinski definition) is 1. The van der Waals surface area contributed by atoms with Gasteiger partial charge in [-0.15, -0.1) is 0 Å². The standard InChI is InChI=1S/C14H20N2O2/c1-11(2)10-18-13-7-5-12(6-8-13)15-9-14(17)16(3)4/h5-8,15H,1,9-10H2,2-4H3. The van der Waals surface area contributed by atoms with E-state index >= 15 is 0 Å². The molecular formula is C14H20N2O2. The molecule has 0 spiro atoms. The summed E-state index contributed by atoms with van der Waals surface area (Å²) in [5.41, 5.74) is 1.88. The lowest BCUT2D eigenvalue weighted by atomic mass is 10.3. The molecule has 0 atom stereocenters. The molecule has 0 bridgehead atoms. The van der Waals surface area contributed by atoms with Gasteiger partial charge in [0.25, 0.3) is 0 Å². The molecule has 0 unspecified atom stereocenters. The Kier molecular flexibility index (Phi) is 5.24. The summed E-state index contributed by atoms with van der Waals surface area (Å²) in [4.78, 5) is 12.9. The topological polar surface area (TPSA) is 41.6 Å². The minimum Gasteiger partial charge on any atom is -0.489 e. The average Bonchev–Trinajstić information content (AvgIpc) is 2.34. The number of nitrogens with zero attached hydrogens (tertiary/aromatic N) is 1. The highest BCUT2D eigenvalue weighted by atomic mass is 16.5. The third kappa shape index (κ3) is 4.91. The zero-order chi connectivity index (χ0) is 13.5. The zero-order valence-corrected chi connectivity index (χ0v) is 11.2. The number of hydrogen-bond acceptors (Lipinski definition) is 3. The first-order valence-corrected chi connectivity index (χ1v) is 5.80. The van der Waals surface area contributed by atoms with Gasteiger partial charge in [0.05, 0.1) is 6.54 Å². The van der Waals surface area contributed by atoms with Crippen LogP contribution in [0.2, 0.25) is 0 Å². The molecule has 0 fully saturated rings. The summed E-state index contributed by atoms with van der Waals surface area (Å²) in [5, 5.41) is 3.05. The highest BCUT2D eigenvalue weighted by molar-refractivity contribution is 5.80. The third-order valence-corrected chi connectivity index (χ3v) is 2.28. The first-order chi connectivity index (χ1) is 8.49. The van der Waals surface area contributed by atoms with Crippen molar-refractivity contribution in [1.82, 2.24) is 4.90 Å². The molecule has 0 aromatic heterocycles. The van der Waals surface area contributed by atoms with Crippen molar-refractivity contribution in [2.24, 2.45) is 0 Å². The van der Waals surface area contributed by atoms with Crippen molar-refractivity contribution < 1.29 is 9.53 Å². The number of carbonyl (C=O) groups excluding carboxylic acids is 1. The van der Waals surface area contributed by atoms with Crippen LogP contribution in [0, 0.1) is 0 Å². The lowest BCUT2D eigenvalue weighted by Crippen LogP contribution is -2.28. The summed E-state index contributed by atoms with van der Waals surface area (Å²) in [6.07, 6.45) is 0. The molecule has 18 heavy (non-hydrogen) atoms. The van der Waals surface area contributed by atoms with Crippen LogP contribution in [0.15, 0.2) is 36.4 Å². The number of benzene rings is 1. The fourth-order valence-corrected chi connectivity index (χ4v) is 1.21. The van der Waals surface area contributed by atoms with Crippen LogP contribution in [0.3, 0.4) is 0 Å². The van der Waals surface area contributed by atoms with E-state index in [-0.39, 0.29) is 5.91 Å². The lowest BCUT2D eigenvalue weighted by Gasteiger charge is -2.12. The molecule has 1 aromatic rings. The highest BCUT2D eigenvalue weighted by Gasteiger charge is 2.03. The smallest absolute Gasteiger partial charge is 0.241 e. The minimum absolute atomic E-state index is 0.0395. The van der Waals surface area contributed by atoms with E-state index in [1.165, 1.54) is 0 Å². The van der Waals surface area contributed by atoms with Gasteiger partial charge in [-0.05, 0) is 36.8 Å². The van der Waals surface area contributed by atoms with Gasteiger partial charge >= 0.3 is 0 Å². The van der Waals surface area contributed by atoms with Gasteiger partial charge in [0.1, 0.15) is 12.4 Å². The van der Waals surface area contributed by atoms with Gasteiger partial charge in [0.15, 0.2) is 0 Å². The predicted octanol–water partition coefficient (Wildman–Crippen LogP) is 2.14. The van der Waals surface area contributed by atoms with Gasteiger partial charge in [0.2, 0.25) is 5.91 Å². The molecule has 0 heterocycles. The van der Waals surface area contributed by atoms with E-state index < -0.39 is 0 Å². The number of amides is 1. The van der Waals surface area contributed by atoms with Crippen molar-refractivity contribution in [2.75, 3.05) is 32.6 Å². The molecule has 98 valence electrons. The first kappa shape index (κ1) is 14.1. The predicted molar refractivity (Wildman–Crippen MR) is 73.9 cm³/mol. The Hall–Kier alpha value is -1.97. The number of ether oxygens (including phenoxy) is 1. The monoisotopic (exact) mass is 248 g/mol. The van der Waals surface area contributed by atoms with Gasteiger partial charge < -0.3 is 15.0 Å². The number of nitrogens with one attached hydrogen (secondary N) is 1. The fourth-order valence-electron chi connectivity index (χ4n) is 1.21. The second kappa shape index (κ2) is 6.69. The van der Waals surface area contributed by atoms with Crippen LogP contribution in [-0.4, -0.2) is 38.1 Å². The quantitative estimate of drug-likeness (QED) is 0.784. The minimum atomic E-state index is 0.0395. The van der Waals surface area contributed by atoms with Gasteiger partial charge in [-0.25, -0.2) is 0 Å². The first-order valence-electron chi connectivity index (χ1n) is 5.80. The normalized spacial score (nSPS) is 9.72. The number of likely N-dealkylation sites (N-methyl/N-ethyl adjacent to an activating group) is 1. The van der Waals surface area contributed by atoms with Crippen LogP contribution >= 0.6 is 0 Å². The molecule has 1 aromatic carbocycles. The summed E-state index contributed by atoms with van der Waals surface area (Å²) in [7, 11) is 3.47. The largest absolute Gasteiger partial charge is 0.489 e. The SMILES string of the molecule is C=C(C)COc1ccc(NCC(=O)N(C)C)cc1. The second-order valence-corrected chi connectivity index (χ2v) is 4.41. The van der Waals surface area contributed by atoms with E-state index in [0.29, 0.717) is 13.2 Å². The Morgan fingerprint density at radius 3 is 2.44 bits per heavy atom. The van der Waals surface area contributed by atoms with Crippen molar-refractivity contribution in [3.63, 3.8) is 0 Å². The van der Waals surface area contributed by atoms with Crippen molar-refractivity contribution >= 4 is 11.6 Å². The molecular weight excluding hydrogens is 228 g/mol. The zero-order valence-electron chi connectivity index (χ0n) is 11.2. The van der Waals surface area contributed by atoms with E-state index in [1.54, 1.807) is 19.0 Å². The third-order valence-electron chi connectivity index (χ3n) is 2.28. The molecule has 0 saturated heterocycles. The maximum atomic E-state index is 11.4. The molecule has 1 amide bonds. The summed E-state index contributed by atoms with van der Waals surface area (Å²) in [6.45, 7) is 6.50. The molecule has 4 heteroatoms. The van der Waals surface area contributed by atoms with Crippen molar-refractivity contribution in [3.8, 4) is 5.75 Å². The van der Waals surface area contributed by atoms with E-state index in [0.717, 1.165) is 17.0 Å². The van der Waals surface area contributed by atoms with Crippen LogP contribution in [-0.2, 0) is 4.79 Å². The van der Waals surface area contributed by atoms with E-state index in [1.807, 2.05) is 31.2 Å². The Balaban J connectivity index is 2.45. The van der Waals surface area contributed by atoms with Crippen molar-refractivity contribution in [2.45, 2.75) is 6.92 Å². The van der Waals surface area contributed by atoms with Crippen molar-refractivity contribution in [3.05, 3.63) is 36.4 Å². The van der Waals surface area contributed by atoms with Gasteiger partial charge in [-0.2, -0.15) is 0 Å². The summed E-state index contributed by atoms with van der Waals surface area (Å²) < 4.78 is 5.48. The van der Waals surface area contributed by atoms with Crippen molar-refractivity contribution in [1.29, 1.82) is 0 Å². The van der Waals surface area contributed by atoms with Crippen LogP contribution in [0.5, 0.6) is 5.75 Å². The number of rotatable bonds is 6. The van der Waals surface area contributed by atoms with Gasteiger partial charge in [-0.1, -0.05) is 6.58 Å².